The van der Waals surface area contributed by atoms with Gasteiger partial charge in [-0.25, -0.2) is 9.97 Å². The highest BCUT2D eigenvalue weighted by molar-refractivity contribution is 7.15. The summed E-state index contributed by atoms with van der Waals surface area (Å²) in [5, 5.41) is 11.3. The predicted molar refractivity (Wildman–Crippen MR) is 71.5 cm³/mol. The van der Waals surface area contributed by atoms with Crippen molar-refractivity contribution in [2.24, 2.45) is 0 Å². The van der Waals surface area contributed by atoms with Crippen LogP contribution in [-0.2, 0) is 6.42 Å². The highest BCUT2D eigenvalue weighted by Gasteiger charge is 2.24. The lowest BCUT2D eigenvalue weighted by molar-refractivity contribution is 0.465. The van der Waals surface area contributed by atoms with Crippen LogP contribution in [0.2, 0.25) is 0 Å². The van der Waals surface area contributed by atoms with Crippen molar-refractivity contribution in [1.29, 1.82) is 0 Å². The van der Waals surface area contributed by atoms with Crippen LogP contribution in [0.25, 0.3) is 10.8 Å². The largest absolute Gasteiger partial charge is 0.309 e. The average molecular weight is 263 g/mol. The second kappa shape index (κ2) is 5.16. The van der Waals surface area contributed by atoms with Gasteiger partial charge in [0.1, 0.15) is 6.33 Å². The van der Waals surface area contributed by atoms with Crippen LogP contribution in [0, 0.1) is 0 Å². The molecule has 0 saturated carbocycles. The first-order valence-corrected chi connectivity index (χ1v) is 7.29. The summed E-state index contributed by atoms with van der Waals surface area (Å²) in [5.41, 5.74) is 1.24. The summed E-state index contributed by atoms with van der Waals surface area (Å²) < 4.78 is 0. The van der Waals surface area contributed by atoms with Gasteiger partial charge in [-0.1, -0.05) is 6.92 Å². The fraction of sp³-hybridized carbons (Fsp3) is 0.583. The summed E-state index contributed by atoms with van der Waals surface area (Å²) in [6.45, 7) is 3.27. The molecule has 0 aromatic carbocycles. The molecule has 2 aromatic heterocycles. The molecule has 18 heavy (non-hydrogen) atoms. The molecule has 1 aliphatic carbocycles. The molecule has 1 atom stereocenters. The molecular weight excluding hydrogens is 246 g/mol. The van der Waals surface area contributed by atoms with Crippen LogP contribution >= 0.6 is 11.3 Å². The Labute approximate surface area is 110 Å². The number of nitrogens with zero attached hydrogens (tertiary/aromatic N) is 3. The van der Waals surface area contributed by atoms with E-state index in [1.165, 1.54) is 36.2 Å². The summed E-state index contributed by atoms with van der Waals surface area (Å²) in [4.78, 5) is 10.3. The van der Waals surface area contributed by atoms with Gasteiger partial charge in [-0.3, -0.25) is 5.10 Å². The van der Waals surface area contributed by atoms with Gasteiger partial charge in [-0.15, -0.1) is 11.3 Å². The predicted octanol–water partition coefficient (Wildman–Crippen LogP) is 2.31. The zero-order valence-electron chi connectivity index (χ0n) is 10.4. The van der Waals surface area contributed by atoms with Gasteiger partial charge in [0, 0.05) is 10.9 Å². The van der Waals surface area contributed by atoms with E-state index < -0.39 is 0 Å². The van der Waals surface area contributed by atoms with E-state index in [2.05, 4.69) is 27.4 Å². The Bertz CT molecular complexity index is 505. The van der Waals surface area contributed by atoms with Gasteiger partial charge in [-0.2, -0.15) is 5.10 Å². The standard InChI is InChI=1S/C12H17N5S/c1-2-6-13-8-4-3-5-9-10(8)18-12(16-9)11-14-7-15-17-11/h7-8,13H,2-6H2,1H3,(H,14,15,17). The maximum absolute atomic E-state index is 4.70. The fourth-order valence-electron chi connectivity index (χ4n) is 2.34. The highest BCUT2D eigenvalue weighted by Crippen LogP contribution is 2.36. The molecule has 0 bridgehead atoms. The van der Waals surface area contributed by atoms with E-state index in [9.17, 15) is 0 Å². The van der Waals surface area contributed by atoms with Crippen LogP contribution in [-0.4, -0.2) is 26.7 Å². The van der Waals surface area contributed by atoms with Gasteiger partial charge in [0.15, 0.2) is 10.8 Å². The summed E-state index contributed by atoms with van der Waals surface area (Å²) in [6, 6.07) is 0.475. The molecule has 0 fully saturated rings. The van der Waals surface area contributed by atoms with Crippen molar-refractivity contribution in [3.05, 3.63) is 16.9 Å². The number of hydrogen-bond acceptors (Lipinski definition) is 5. The zero-order chi connectivity index (χ0) is 12.4. The Morgan fingerprint density at radius 2 is 2.50 bits per heavy atom. The van der Waals surface area contributed by atoms with E-state index in [1.54, 1.807) is 11.3 Å². The van der Waals surface area contributed by atoms with Gasteiger partial charge >= 0.3 is 0 Å². The number of aryl methyl sites for hydroxylation is 1. The molecule has 5 nitrogen and oxygen atoms in total. The normalized spacial score (nSPS) is 18.8. The van der Waals surface area contributed by atoms with Crippen molar-refractivity contribution in [2.45, 2.75) is 38.6 Å². The van der Waals surface area contributed by atoms with Crippen molar-refractivity contribution < 1.29 is 0 Å². The van der Waals surface area contributed by atoms with E-state index in [-0.39, 0.29) is 0 Å². The Hall–Kier alpha value is -1.27. The smallest absolute Gasteiger partial charge is 0.184 e. The molecule has 6 heteroatoms. The quantitative estimate of drug-likeness (QED) is 0.888. The molecule has 2 aromatic rings. The topological polar surface area (TPSA) is 66.5 Å². The number of aromatic nitrogens is 4. The minimum atomic E-state index is 0.475. The maximum Gasteiger partial charge on any atom is 0.184 e. The van der Waals surface area contributed by atoms with Crippen LogP contribution in [0.5, 0.6) is 0 Å². The second-order valence-electron chi connectivity index (χ2n) is 4.56. The van der Waals surface area contributed by atoms with Crippen LogP contribution in [0.4, 0.5) is 0 Å². The molecule has 0 saturated heterocycles. The van der Waals surface area contributed by atoms with Gasteiger partial charge in [0.25, 0.3) is 0 Å². The van der Waals surface area contributed by atoms with Crippen LogP contribution in [0.1, 0.15) is 42.8 Å². The van der Waals surface area contributed by atoms with Crippen LogP contribution < -0.4 is 5.32 Å². The lowest BCUT2D eigenvalue weighted by Crippen LogP contribution is -2.24. The second-order valence-corrected chi connectivity index (χ2v) is 5.59. The third-order valence-corrected chi connectivity index (χ3v) is 4.43. The third kappa shape index (κ3) is 2.18. The van der Waals surface area contributed by atoms with E-state index in [0.29, 0.717) is 6.04 Å². The number of fused-ring (bicyclic) bond motifs is 1. The Kier molecular flexibility index (Phi) is 3.38. The SMILES string of the molecule is CCCNC1CCCc2nc(-c3ncn[nH]3)sc21. The van der Waals surface area contributed by atoms with E-state index >= 15 is 0 Å². The molecule has 0 aliphatic heterocycles. The van der Waals surface area contributed by atoms with Crippen LogP contribution in [0.15, 0.2) is 6.33 Å². The van der Waals surface area contributed by atoms with Crippen molar-refractivity contribution >= 4 is 11.3 Å². The summed E-state index contributed by atoms with van der Waals surface area (Å²) in [5.74, 6) is 0.781. The molecule has 96 valence electrons. The van der Waals surface area contributed by atoms with Gasteiger partial charge in [0.2, 0.25) is 0 Å². The van der Waals surface area contributed by atoms with Crippen molar-refractivity contribution in [2.75, 3.05) is 6.54 Å². The van der Waals surface area contributed by atoms with Gasteiger partial charge in [-0.05, 0) is 32.2 Å². The molecule has 1 unspecified atom stereocenters. The fourth-order valence-corrected chi connectivity index (χ4v) is 3.51. The number of aromatic amines is 1. The van der Waals surface area contributed by atoms with E-state index in [0.717, 1.165) is 23.8 Å². The Balaban J connectivity index is 1.88. The molecule has 3 rings (SSSR count). The van der Waals surface area contributed by atoms with Crippen molar-refractivity contribution in [1.82, 2.24) is 25.5 Å². The molecule has 0 spiro atoms. The first-order valence-electron chi connectivity index (χ1n) is 6.47. The third-order valence-electron chi connectivity index (χ3n) is 3.21. The number of thiazole rings is 1. The number of H-pyrrole nitrogens is 1. The molecule has 2 heterocycles. The Morgan fingerprint density at radius 3 is 3.28 bits per heavy atom. The summed E-state index contributed by atoms with van der Waals surface area (Å²) >= 11 is 1.74. The van der Waals surface area contributed by atoms with Gasteiger partial charge in [0.05, 0.1) is 5.69 Å². The van der Waals surface area contributed by atoms with E-state index in [4.69, 9.17) is 4.98 Å². The summed E-state index contributed by atoms with van der Waals surface area (Å²) in [6.07, 6.45) is 6.21. The minimum absolute atomic E-state index is 0.475. The average Bonchev–Trinajstić information content (AvgIpc) is 3.03. The van der Waals surface area contributed by atoms with Gasteiger partial charge < -0.3 is 5.32 Å². The van der Waals surface area contributed by atoms with Crippen molar-refractivity contribution in [3.8, 4) is 10.8 Å². The molecular formula is C12H17N5S. The van der Waals surface area contributed by atoms with Crippen molar-refractivity contribution in [3.63, 3.8) is 0 Å². The molecule has 2 N–H and O–H groups in total. The van der Waals surface area contributed by atoms with Crippen LogP contribution in [0.3, 0.4) is 0 Å². The molecule has 0 amide bonds. The lowest BCUT2D eigenvalue weighted by atomic mass is 9.98. The maximum atomic E-state index is 4.70. The lowest BCUT2D eigenvalue weighted by Gasteiger charge is -2.22. The number of hydrogen-bond donors (Lipinski definition) is 2. The Morgan fingerprint density at radius 1 is 1.56 bits per heavy atom. The molecule has 1 aliphatic rings. The number of nitrogens with one attached hydrogen (secondary N) is 2. The minimum Gasteiger partial charge on any atom is -0.309 e. The first kappa shape index (κ1) is 11.8. The monoisotopic (exact) mass is 263 g/mol. The summed E-state index contributed by atoms with van der Waals surface area (Å²) in [7, 11) is 0. The molecule has 0 radical (unpaired) electrons. The number of rotatable bonds is 4. The zero-order valence-corrected chi connectivity index (χ0v) is 11.3. The highest BCUT2D eigenvalue weighted by atomic mass is 32.1. The first-order chi connectivity index (χ1) is 8.88. The van der Waals surface area contributed by atoms with E-state index in [1.807, 2.05) is 0 Å².